The van der Waals surface area contributed by atoms with Gasteiger partial charge in [-0.05, 0) is 24.7 Å². The van der Waals surface area contributed by atoms with Gasteiger partial charge in [0.05, 0.1) is 0 Å². The lowest BCUT2D eigenvalue weighted by atomic mass is 10.2. The number of carbonyl (C=O) groups is 1. The van der Waals surface area contributed by atoms with Crippen LogP contribution in [0.15, 0.2) is 24.5 Å². The van der Waals surface area contributed by atoms with E-state index in [4.69, 9.17) is 0 Å². The normalized spacial score (nSPS) is 23.3. The third kappa shape index (κ3) is 3.07. The predicted molar refractivity (Wildman–Crippen MR) is 90.8 cm³/mol. The summed E-state index contributed by atoms with van der Waals surface area (Å²) in [6, 6.07) is 4.30. The zero-order valence-electron chi connectivity index (χ0n) is 13.1. The maximum atomic E-state index is 12.7. The number of hydrogen-bond donors (Lipinski definition) is 0. The maximum absolute atomic E-state index is 12.7. The van der Waals surface area contributed by atoms with Crippen molar-refractivity contribution in [3.8, 4) is 0 Å². The highest BCUT2D eigenvalue weighted by Gasteiger charge is 2.27. The zero-order chi connectivity index (χ0) is 15.6. The van der Waals surface area contributed by atoms with Crippen LogP contribution >= 0.6 is 11.8 Å². The van der Waals surface area contributed by atoms with Gasteiger partial charge in [-0.15, -0.1) is 0 Å². The molecule has 4 heterocycles. The molecule has 2 aromatic heterocycles. The van der Waals surface area contributed by atoms with E-state index in [1.807, 2.05) is 28.9 Å². The van der Waals surface area contributed by atoms with Crippen LogP contribution in [-0.2, 0) is 0 Å². The van der Waals surface area contributed by atoms with Crippen LogP contribution in [0.5, 0.6) is 0 Å². The number of rotatable bonds is 2. The SMILES string of the molecule is O=C(c1cc2ncccn2n1)N1CCCN(C2CCSC2)CC1. The number of aromatic nitrogens is 3. The lowest BCUT2D eigenvalue weighted by Crippen LogP contribution is -2.39. The lowest BCUT2D eigenvalue weighted by Gasteiger charge is -2.26. The van der Waals surface area contributed by atoms with Gasteiger partial charge in [-0.3, -0.25) is 9.69 Å². The molecule has 6 nitrogen and oxygen atoms in total. The van der Waals surface area contributed by atoms with Crippen molar-refractivity contribution < 1.29 is 4.79 Å². The lowest BCUT2D eigenvalue weighted by molar-refractivity contribution is 0.0752. The largest absolute Gasteiger partial charge is 0.336 e. The predicted octanol–water partition coefficient (Wildman–Crippen LogP) is 1.38. The summed E-state index contributed by atoms with van der Waals surface area (Å²) in [6.45, 7) is 3.68. The van der Waals surface area contributed by atoms with Crippen molar-refractivity contribution in [2.24, 2.45) is 0 Å². The Morgan fingerprint density at radius 3 is 3.04 bits per heavy atom. The van der Waals surface area contributed by atoms with E-state index in [9.17, 15) is 4.79 Å². The van der Waals surface area contributed by atoms with Gasteiger partial charge < -0.3 is 4.90 Å². The molecule has 23 heavy (non-hydrogen) atoms. The number of carbonyl (C=O) groups excluding carboxylic acids is 1. The van der Waals surface area contributed by atoms with Crippen LogP contribution in [0.1, 0.15) is 23.3 Å². The highest BCUT2D eigenvalue weighted by atomic mass is 32.2. The fourth-order valence-corrected chi connectivity index (χ4v) is 4.67. The minimum atomic E-state index is 0.0261. The molecule has 7 heteroatoms. The van der Waals surface area contributed by atoms with Crippen LogP contribution in [0.3, 0.4) is 0 Å². The molecule has 1 atom stereocenters. The summed E-state index contributed by atoms with van der Waals surface area (Å²) in [6.07, 6.45) is 5.87. The van der Waals surface area contributed by atoms with E-state index in [2.05, 4.69) is 15.0 Å². The fourth-order valence-electron chi connectivity index (χ4n) is 3.41. The van der Waals surface area contributed by atoms with E-state index in [1.54, 1.807) is 16.8 Å². The summed E-state index contributed by atoms with van der Waals surface area (Å²) in [5.74, 6) is 2.54. The number of thioether (sulfide) groups is 1. The van der Waals surface area contributed by atoms with Crippen LogP contribution in [0.25, 0.3) is 5.65 Å². The van der Waals surface area contributed by atoms with Crippen LogP contribution in [0.2, 0.25) is 0 Å². The van der Waals surface area contributed by atoms with Gasteiger partial charge in [-0.1, -0.05) is 0 Å². The van der Waals surface area contributed by atoms with Crippen molar-refractivity contribution in [3.05, 3.63) is 30.2 Å². The molecular formula is C16H21N5OS. The minimum Gasteiger partial charge on any atom is -0.336 e. The van der Waals surface area contributed by atoms with E-state index in [0.717, 1.165) is 38.2 Å². The molecule has 0 bridgehead atoms. The van der Waals surface area contributed by atoms with Gasteiger partial charge in [0.25, 0.3) is 5.91 Å². The summed E-state index contributed by atoms with van der Waals surface area (Å²) >= 11 is 2.05. The Bertz CT molecular complexity index is 664. The first-order valence-corrected chi connectivity index (χ1v) is 9.38. The average Bonchev–Trinajstić information content (AvgIpc) is 3.19. The summed E-state index contributed by atoms with van der Waals surface area (Å²) in [7, 11) is 0. The van der Waals surface area contributed by atoms with Gasteiger partial charge in [0.1, 0.15) is 0 Å². The van der Waals surface area contributed by atoms with Crippen molar-refractivity contribution in [1.82, 2.24) is 24.4 Å². The van der Waals surface area contributed by atoms with Crippen molar-refractivity contribution >= 4 is 23.3 Å². The summed E-state index contributed by atoms with van der Waals surface area (Å²) in [4.78, 5) is 21.5. The van der Waals surface area contributed by atoms with Gasteiger partial charge in [-0.25, -0.2) is 9.50 Å². The number of hydrogen-bond acceptors (Lipinski definition) is 5. The van der Waals surface area contributed by atoms with Gasteiger partial charge in [-0.2, -0.15) is 16.9 Å². The molecule has 2 saturated heterocycles. The number of fused-ring (bicyclic) bond motifs is 1. The zero-order valence-corrected chi connectivity index (χ0v) is 13.9. The third-order valence-electron chi connectivity index (χ3n) is 4.70. The van der Waals surface area contributed by atoms with E-state index >= 15 is 0 Å². The Kier molecular flexibility index (Phi) is 4.22. The molecule has 2 fully saturated rings. The van der Waals surface area contributed by atoms with Gasteiger partial charge >= 0.3 is 0 Å². The second kappa shape index (κ2) is 6.49. The van der Waals surface area contributed by atoms with Crippen LogP contribution in [0, 0.1) is 0 Å². The Balaban J connectivity index is 1.45. The number of nitrogens with zero attached hydrogens (tertiary/aromatic N) is 5. The second-order valence-electron chi connectivity index (χ2n) is 6.15. The Morgan fingerprint density at radius 2 is 2.22 bits per heavy atom. The van der Waals surface area contributed by atoms with E-state index < -0.39 is 0 Å². The first kappa shape index (κ1) is 15.0. The average molecular weight is 331 g/mol. The molecule has 0 aromatic carbocycles. The molecule has 0 spiro atoms. The third-order valence-corrected chi connectivity index (χ3v) is 5.84. The van der Waals surface area contributed by atoms with Gasteiger partial charge in [0.15, 0.2) is 11.3 Å². The quantitative estimate of drug-likeness (QED) is 0.832. The molecule has 2 aliphatic heterocycles. The molecule has 1 unspecified atom stereocenters. The number of amides is 1. The van der Waals surface area contributed by atoms with Gasteiger partial charge in [0.2, 0.25) is 0 Å². The summed E-state index contributed by atoms with van der Waals surface area (Å²) in [5, 5.41) is 4.36. The molecule has 2 aliphatic rings. The molecule has 0 aliphatic carbocycles. The Labute approximate surface area is 139 Å². The Morgan fingerprint density at radius 1 is 1.26 bits per heavy atom. The smallest absolute Gasteiger partial charge is 0.274 e. The van der Waals surface area contributed by atoms with Crippen molar-refractivity contribution in [3.63, 3.8) is 0 Å². The van der Waals surface area contributed by atoms with E-state index in [0.29, 0.717) is 11.7 Å². The van der Waals surface area contributed by atoms with Gasteiger partial charge in [0, 0.05) is 56.4 Å². The summed E-state index contributed by atoms with van der Waals surface area (Å²) < 4.78 is 1.66. The molecule has 0 N–H and O–H groups in total. The molecule has 2 aromatic rings. The fraction of sp³-hybridized carbons (Fsp3) is 0.562. The molecule has 1 amide bonds. The monoisotopic (exact) mass is 331 g/mol. The first-order valence-electron chi connectivity index (χ1n) is 8.23. The van der Waals surface area contributed by atoms with Crippen molar-refractivity contribution in [1.29, 1.82) is 0 Å². The molecule has 0 saturated carbocycles. The standard InChI is InChI=1S/C16H21N5OS/c22-16(14-11-15-17-4-1-7-21(15)18-14)20-6-2-5-19(8-9-20)13-3-10-23-12-13/h1,4,7,11,13H,2-3,5-6,8-10,12H2. The molecule has 4 rings (SSSR count). The highest BCUT2D eigenvalue weighted by molar-refractivity contribution is 7.99. The summed E-state index contributed by atoms with van der Waals surface area (Å²) in [5.41, 5.74) is 1.21. The van der Waals surface area contributed by atoms with Crippen LogP contribution in [0.4, 0.5) is 0 Å². The highest BCUT2D eigenvalue weighted by Crippen LogP contribution is 2.23. The second-order valence-corrected chi connectivity index (χ2v) is 7.30. The van der Waals surface area contributed by atoms with Crippen molar-refractivity contribution in [2.75, 3.05) is 37.7 Å². The molecule has 0 radical (unpaired) electrons. The first-order chi connectivity index (χ1) is 11.3. The van der Waals surface area contributed by atoms with Crippen LogP contribution < -0.4 is 0 Å². The van der Waals surface area contributed by atoms with E-state index in [-0.39, 0.29) is 5.91 Å². The minimum absolute atomic E-state index is 0.0261. The maximum Gasteiger partial charge on any atom is 0.274 e. The van der Waals surface area contributed by atoms with Crippen LogP contribution in [-0.4, -0.2) is 74.0 Å². The topological polar surface area (TPSA) is 53.7 Å². The molecular weight excluding hydrogens is 310 g/mol. The Hall–Kier alpha value is -1.60. The van der Waals surface area contributed by atoms with E-state index in [1.165, 1.54) is 17.9 Å². The molecule has 122 valence electrons. The van der Waals surface area contributed by atoms with Crippen molar-refractivity contribution in [2.45, 2.75) is 18.9 Å².